The van der Waals surface area contributed by atoms with Gasteiger partial charge in [-0.25, -0.2) is 15.2 Å². The molecule has 0 aromatic carbocycles. The summed E-state index contributed by atoms with van der Waals surface area (Å²) in [6.07, 6.45) is 0. The van der Waals surface area contributed by atoms with Gasteiger partial charge in [0, 0.05) is 0 Å². The minimum absolute atomic E-state index is 0.125. The van der Waals surface area contributed by atoms with Gasteiger partial charge in [-0.2, -0.15) is 18.7 Å². The number of aliphatic hydroxyl groups excluding tert-OH is 1. The van der Waals surface area contributed by atoms with E-state index in [1.54, 1.807) is 0 Å². The Labute approximate surface area is 104 Å². The number of imidazole rings is 1. The van der Waals surface area contributed by atoms with E-state index in [0.29, 0.717) is 0 Å². The zero-order valence-electron chi connectivity index (χ0n) is 9.55. The molecule has 9 nitrogen and oxygen atoms in total. The predicted octanol–water partition coefficient (Wildman–Crippen LogP) is -1.15. The van der Waals surface area contributed by atoms with Crippen molar-refractivity contribution in [2.45, 2.75) is 13.1 Å². The first-order chi connectivity index (χ1) is 9.01. The van der Waals surface area contributed by atoms with Crippen molar-refractivity contribution >= 4 is 22.9 Å². The molecule has 0 bridgehead atoms. The lowest BCUT2D eigenvalue weighted by Gasteiger charge is -2.05. The summed E-state index contributed by atoms with van der Waals surface area (Å²) < 4.78 is 27.0. The summed E-state index contributed by atoms with van der Waals surface area (Å²) in [7, 11) is 0. The molecule has 0 amide bonds. The normalized spacial score (nSPS) is 11.4. The average Bonchev–Trinajstić information content (AvgIpc) is 2.62. The molecule has 2 aromatic heterocycles. The molecule has 0 aliphatic rings. The van der Waals surface area contributed by atoms with Crippen LogP contribution < -0.4 is 22.7 Å². The first-order valence-electron chi connectivity index (χ1n) is 5.15. The molecule has 11 heteroatoms. The van der Waals surface area contributed by atoms with Crippen molar-refractivity contribution in [2.24, 2.45) is 5.84 Å². The van der Waals surface area contributed by atoms with E-state index in [0.717, 1.165) is 4.57 Å². The lowest BCUT2D eigenvalue weighted by molar-refractivity contribution is 0.0700. The van der Waals surface area contributed by atoms with Gasteiger partial charge < -0.3 is 16.3 Å². The number of hydrazine groups is 1. The highest BCUT2D eigenvalue weighted by molar-refractivity contribution is 5.84. The quantitative estimate of drug-likeness (QED) is 0.408. The van der Waals surface area contributed by atoms with Crippen molar-refractivity contribution in [1.82, 2.24) is 19.1 Å². The Morgan fingerprint density at radius 1 is 1.42 bits per heavy atom. The van der Waals surface area contributed by atoms with Crippen molar-refractivity contribution in [1.29, 1.82) is 0 Å². The first-order valence-corrected chi connectivity index (χ1v) is 5.15. The molecule has 2 heterocycles. The topological polar surface area (TPSA) is 137 Å². The molecule has 19 heavy (non-hydrogen) atoms. The summed E-state index contributed by atoms with van der Waals surface area (Å²) in [6, 6.07) is 0. The summed E-state index contributed by atoms with van der Waals surface area (Å²) in [6.45, 7) is -3.72. The van der Waals surface area contributed by atoms with Crippen LogP contribution in [-0.4, -0.2) is 30.8 Å². The van der Waals surface area contributed by atoms with Crippen LogP contribution in [0.2, 0.25) is 0 Å². The Morgan fingerprint density at radius 2 is 2.11 bits per heavy atom. The number of hydrogen-bond acceptors (Lipinski definition) is 7. The first kappa shape index (κ1) is 13.2. The number of rotatable bonds is 4. The molecular formula is C8H11F2N7O2. The molecule has 2 rings (SSSR count). The van der Waals surface area contributed by atoms with Crippen LogP contribution in [0.5, 0.6) is 0 Å². The molecule has 0 radical (unpaired) electrons. The average molecular weight is 275 g/mol. The largest absolute Gasteiger partial charge is 0.395 e. The smallest absolute Gasteiger partial charge is 0.335 e. The van der Waals surface area contributed by atoms with E-state index in [1.165, 1.54) is 0 Å². The Hall–Kier alpha value is -2.27. The van der Waals surface area contributed by atoms with Crippen LogP contribution in [0.25, 0.3) is 11.2 Å². The number of nitrogens with two attached hydrogens (primary N) is 2. The zero-order valence-corrected chi connectivity index (χ0v) is 9.55. The monoisotopic (exact) mass is 275 g/mol. The molecule has 2 aromatic rings. The van der Waals surface area contributed by atoms with Gasteiger partial charge in [0.2, 0.25) is 5.95 Å². The third kappa shape index (κ3) is 1.98. The second-order valence-electron chi connectivity index (χ2n) is 3.55. The molecule has 0 atom stereocenters. The van der Waals surface area contributed by atoms with E-state index in [1.807, 2.05) is 0 Å². The number of halogens is 2. The number of fused-ring (bicyclic) bond motifs is 1. The van der Waals surface area contributed by atoms with E-state index in [-0.39, 0.29) is 34.0 Å². The van der Waals surface area contributed by atoms with E-state index in [2.05, 4.69) is 15.4 Å². The summed E-state index contributed by atoms with van der Waals surface area (Å²) in [5.41, 5.74) is 6.07. The van der Waals surface area contributed by atoms with Gasteiger partial charge in [0.1, 0.15) is 5.52 Å². The van der Waals surface area contributed by atoms with Gasteiger partial charge in [-0.15, -0.1) is 0 Å². The Bertz CT molecular complexity index is 665. The van der Waals surface area contributed by atoms with Crippen molar-refractivity contribution < 1.29 is 13.9 Å². The van der Waals surface area contributed by atoms with Crippen LogP contribution in [0.15, 0.2) is 4.79 Å². The van der Waals surface area contributed by atoms with Crippen LogP contribution >= 0.6 is 0 Å². The Morgan fingerprint density at radius 3 is 2.63 bits per heavy atom. The Kier molecular flexibility index (Phi) is 3.31. The maximum Gasteiger partial charge on any atom is 0.335 e. The molecule has 0 aliphatic carbocycles. The number of aliphatic hydroxyl groups is 1. The highest BCUT2D eigenvalue weighted by Gasteiger charge is 2.24. The van der Waals surface area contributed by atoms with Crippen LogP contribution in [0.3, 0.4) is 0 Å². The van der Waals surface area contributed by atoms with Crippen molar-refractivity contribution in [2.75, 3.05) is 17.8 Å². The maximum atomic E-state index is 13.0. The molecule has 0 fully saturated rings. The van der Waals surface area contributed by atoms with Gasteiger partial charge in [0.15, 0.2) is 11.5 Å². The van der Waals surface area contributed by atoms with E-state index < -0.39 is 18.8 Å². The molecule has 0 saturated heterocycles. The summed E-state index contributed by atoms with van der Waals surface area (Å²) >= 11 is 0. The number of aromatic nitrogens is 4. The number of nitrogens with zero attached hydrogens (tertiary/aromatic N) is 4. The number of nitrogen functional groups attached to an aromatic ring is 2. The van der Waals surface area contributed by atoms with Crippen LogP contribution in [0.1, 0.15) is 6.55 Å². The maximum absolute atomic E-state index is 13.0. The van der Waals surface area contributed by atoms with E-state index >= 15 is 0 Å². The summed E-state index contributed by atoms with van der Waals surface area (Å²) in [5, 5.41) is 8.88. The standard InChI is InChI=1S/C8H11F2N7O2/c9-6(10)17-3-4(15-12)13-7(11)14-5(3)16(1-2-18)8(17)19/h6,18H,1-2,12H2,(H3,11,13,14,15). The van der Waals surface area contributed by atoms with Gasteiger partial charge in [-0.1, -0.05) is 0 Å². The number of anilines is 2. The van der Waals surface area contributed by atoms with E-state index in [4.69, 9.17) is 16.7 Å². The fourth-order valence-electron chi connectivity index (χ4n) is 1.77. The van der Waals surface area contributed by atoms with Gasteiger partial charge in [0.25, 0.3) is 0 Å². The molecular weight excluding hydrogens is 264 g/mol. The molecule has 0 saturated carbocycles. The minimum atomic E-state index is -3.10. The lowest BCUT2D eigenvalue weighted by Crippen LogP contribution is -2.26. The van der Waals surface area contributed by atoms with Crippen LogP contribution in [0.4, 0.5) is 20.5 Å². The molecule has 0 aliphatic heterocycles. The SMILES string of the molecule is NNc1nc(N)nc2c1n(C(F)F)c(=O)n2CCO. The second-order valence-corrected chi connectivity index (χ2v) is 3.55. The van der Waals surface area contributed by atoms with Gasteiger partial charge in [0.05, 0.1) is 13.2 Å². The number of nitrogens with one attached hydrogen (secondary N) is 1. The fourth-order valence-corrected chi connectivity index (χ4v) is 1.77. The molecule has 0 unspecified atom stereocenters. The number of alkyl halides is 2. The van der Waals surface area contributed by atoms with Crippen LogP contribution in [0, 0.1) is 0 Å². The lowest BCUT2D eigenvalue weighted by atomic mass is 10.4. The third-order valence-electron chi connectivity index (χ3n) is 2.47. The van der Waals surface area contributed by atoms with Gasteiger partial charge in [-0.05, 0) is 0 Å². The highest BCUT2D eigenvalue weighted by Crippen LogP contribution is 2.23. The van der Waals surface area contributed by atoms with Gasteiger partial charge in [-0.3, -0.25) is 4.57 Å². The molecule has 6 N–H and O–H groups in total. The van der Waals surface area contributed by atoms with Crippen LogP contribution in [-0.2, 0) is 6.54 Å². The van der Waals surface area contributed by atoms with Crippen molar-refractivity contribution in [3.8, 4) is 0 Å². The van der Waals surface area contributed by atoms with E-state index in [9.17, 15) is 13.6 Å². The van der Waals surface area contributed by atoms with Gasteiger partial charge >= 0.3 is 12.2 Å². The summed E-state index contributed by atoms with van der Waals surface area (Å²) in [4.78, 5) is 19.2. The molecule has 0 spiro atoms. The second kappa shape index (κ2) is 4.78. The highest BCUT2D eigenvalue weighted by atomic mass is 19.3. The summed E-state index contributed by atoms with van der Waals surface area (Å²) in [5.74, 6) is 4.74. The number of hydrogen-bond donors (Lipinski definition) is 4. The predicted molar refractivity (Wildman–Crippen MR) is 62.3 cm³/mol. The fraction of sp³-hybridized carbons (Fsp3) is 0.375. The van der Waals surface area contributed by atoms with Crippen molar-refractivity contribution in [3.63, 3.8) is 0 Å². The van der Waals surface area contributed by atoms with Crippen molar-refractivity contribution in [3.05, 3.63) is 10.5 Å². The zero-order chi connectivity index (χ0) is 14.2. The Balaban J connectivity index is 2.93. The third-order valence-corrected chi connectivity index (χ3v) is 2.47. The molecule has 104 valence electrons. The minimum Gasteiger partial charge on any atom is -0.395 e.